The van der Waals surface area contributed by atoms with E-state index in [0.717, 1.165) is 0 Å². The van der Waals surface area contributed by atoms with Crippen molar-refractivity contribution in [3.8, 4) is 5.75 Å². The lowest BCUT2D eigenvalue weighted by molar-refractivity contribution is -0.136. The molecule has 1 unspecified atom stereocenters. The van der Waals surface area contributed by atoms with Crippen LogP contribution in [0.1, 0.15) is 6.42 Å². The summed E-state index contributed by atoms with van der Waals surface area (Å²) in [6.45, 7) is 0.101. The maximum Gasteiger partial charge on any atom is 0.277 e. The van der Waals surface area contributed by atoms with Gasteiger partial charge in [0.1, 0.15) is 17.3 Å². The van der Waals surface area contributed by atoms with Gasteiger partial charge >= 0.3 is 0 Å². The van der Waals surface area contributed by atoms with Gasteiger partial charge < -0.3 is 15.0 Å². The number of anilines is 1. The van der Waals surface area contributed by atoms with E-state index in [2.05, 4.69) is 15.6 Å². The van der Waals surface area contributed by atoms with E-state index in [1.165, 1.54) is 16.4 Å². The largest absolute Gasteiger partial charge is 0.497 e. The summed E-state index contributed by atoms with van der Waals surface area (Å²) < 4.78 is 6.31. The van der Waals surface area contributed by atoms with E-state index in [-0.39, 0.29) is 30.3 Å². The molecule has 2 heterocycles. The average Bonchev–Trinajstić information content (AvgIpc) is 3.29. The Hall–Kier alpha value is -3.40. The Kier molecular flexibility index (Phi) is 6.17. The fourth-order valence-electron chi connectivity index (χ4n) is 3.32. The summed E-state index contributed by atoms with van der Waals surface area (Å²) in [4.78, 5) is 39.6. The lowest BCUT2D eigenvalue weighted by atomic mass is 10.2. The predicted octanol–water partition coefficient (Wildman–Crippen LogP) is 1.73. The van der Waals surface area contributed by atoms with Crippen molar-refractivity contribution in [3.05, 3.63) is 58.9 Å². The van der Waals surface area contributed by atoms with Crippen molar-refractivity contribution in [2.45, 2.75) is 19.0 Å². The molecule has 1 N–H and O–H groups in total. The van der Waals surface area contributed by atoms with E-state index >= 15 is 0 Å². The number of aryl methyl sites for hydroxylation is 1. The smallest absolute Gasteiger partial charge is 0.277 e. The number of hydrogen-bond acceptors (Lipinski definition) is 7. The van der Waals surface area contributed by atoms with Crippen molar-refractivity contribution >= 4 is 40.2 Å². The Bertz CT molecular complexity index is 1160. The highest BCUT2D eigenvalue weighted by Crippen LogP contribution is 2.24. The van der Waals surface area contributed by atoms with Crippen molar-refractivity contribution < 1.29 is 14.3 Å². The monoisotopic (exact) mass is 439 g/mol. The Labute approximate surface area is 182 Å². The van der Waals surface area contributed by atoms with Crippen molar-refractivity contribution in [2.24, 2.45) is 0 Å². The number of fused-ring (bicyclic) bond motifs is 1. The number of benzene rings is 2. The highest BCUT2D eigenvalue weighted by Gasteiger charge is 2.34. The van der Waals surface area contributed by atoms with Crippen LogP contribution in [0.5, 0.6) is 5.75 Å². The zero-order chi connectivity index (χ0) is 21.8. The summed E-state index contributed by atoms with van der Waals surface area (Å²) >= 11 is 1.52. The van der Waals surface area contributed by atoms with Gasteiger partial charge in [-0.1, -0.05) is 17.3 Å². The number of methoxy groups -OCH3 is 1. The highest BCUT2D eigenvalue weighted by atomic mass is 32.2. The van der Waals surface area contributed by atoms with Gasteiger partial charge in [0.15, 0.2) is 0 Å². The maximum atomic E-state index is 12.8. The van der Waals surface area contributed by atoms with E-state index in [4.69, 9.17) is 4.74 Å². The van der Waals surface area contributed by atoms with Crippen LogP contribution in [0.25, 0.3) is 10.9 Å². The number of amides is 2. The van der Waals surface area contributed by atoms with Crippen LogP contribution in [0.15, 0.2) is 53.3 Å². The van der Waals surface area contributed by atoms with Gasteiger partial charge in [-0.05, 0) is 36.4 Å². The molecule has 1 saturated heterocycles. The quantitative estimate of drug-likeness (QED) is 0.623. The Morgan fingerprint density at radius 2 is 1.97 bits per heavy atom. The first kappa shape index (κ1) is 20.9. The molecule has 1 aromatic heterocycles. The molecule has 31 heavy (non-hydrogen) atoms. The molecule has 4 rings (SSSR count). The topological polar surface area (TPSA) is 106 Å². The Morgan fingerprint density at radius 3 is 2.74 bits per heavy atom. The fourth-order valence-corrected chi connectivity index (χ4v) is 4.50. The molecule has 1 fully saturated rings. The lowest BCUT2D eigenvalue weighted by Gasteiger charge is -2.23. The molecule has 2 aromatic carbocycles. The van der Waals surface area contributed by atoms with Crippen molar-refractivity contribution in [1.29, 1.82) is 0 Å². The number of nitrogens with zero attached hydrogens (tertiary/aromatic N) is 4. The molecule has 1 aliphatic heterocycles. The van der Waals surface area contributed by atoms with Crippen molar-refractivity contribution in [1.82, 2.24) is 19.9 Å². The molecule has 2 amide bonds. The van der Waals surface area contributed by atoms with E-state index < -0.39 is 6.04 Å². The predicted molar refractivity (Wildman–Crippen MR) is 118 cm³/mol. The molecule has 1 atom stereocenters. The summed E-state index contributed by atoms with van der Waals surface area (Å²) in [6.07, 6.45) is 0.0554. The standard InChI is InChI=1S/C21H21N5O4S/c1-30-15-8-6-14(7-9-15)22-20(28)18-12-31-13-25(18)19(27)10-11-26-21(29)16-4-2-3-5-17(16)23-24-26/h2-9,18H,10-13H2,1H3,(H,22,28). The molecule has 10 heteroatoms. The molecule has 0 spiro atoms. The fraction of sp³-hybridized carbons (Fsp3) is 0.286. The zero-order valence-corrected chi connectivity index (χ0v) is 17.7. The number of carbonyl (C=O) groups excluding carboxylic acids is 2. The molecule has 3 aromatic rings. The number of ether oxygens (including phenoxy) is 1. The summed E-state index contributed by atoms with van der Waals surface area (Å²) in [6, 6.07) is 13.4. The van der Waals surface area contributed by atoms with Gasteiger partial charge in [-0.3, -0.25) is 14.4 Å². The van der Waals surface area contributed by atoms with Crippen LogP contribution < -0.4 is 15.6 Å². The van der Waals surface area contributed by atoms with E-state index in [9.17, 15) is 14.4 Å². The molecular formula is C21H21N5O4S. The molecule has 0 bridgehead atoms. The van der Waals surface area contributed by atoms with Gasteiger partial charge in [0.25, 0.3) is 5.56 Å². The van der Waals surface area contributed by atoms with Gasteiger partial charge in [0, 0.05) is 17.9 Å². The minimum atomic E-state index is -0.570. The third-order valence-electron chi connectivity index (χ3n) is 5.03. The second kappa shape index (κ2) is 9.17. The lowest BCUT2D eigenvalue weighted by Crippen LogP contribution is -2.45. The van der Waals surface area contributed by atoms with Gasteiger partial charge in [0.05, 0.1) is 24.9 Å². The van der Waals surface area contributed by atoms with Gasteiger partial charge in [-0.15, -0.1) is 16.9 Å². The summed E-state index contributed by atoms with van der Waals surface area (Å²) in [5, 5.41) is 11.2. The first-order chi connectivity index (χ1) is 15.1. The third-order valence-corrected chi connectivity index (χ3v) is 6.04. The SMILES string of the molecule is COc1ccc(NC(=O)C2CSCN2C(=O)CCn2nnc3ccccc3c2=O)cc1. The molecule has 0 aliphatic carbocycles. The molecular weight excluding hydrogens is 418 g/mol. The van der Waals surface area contributed by atoms with Crippen molar-refractivity contribution in [2.75, 3.05) is 24.1 Å². The molecule has 1 aliphatic rings. The average molecular weight is 439 g/mol. The minimum Gasteiger partial charge on any atom is -0.497 e. The van der Waals surface area contributed by atoms with Crippen molar-refractivity contribution in [3.63, 3.8) is 0 Å². The van der Waals surface area contributed by atoms with E-state index in [1.807, 2.05) is 0 Å². The van der Waals surface area contributed by atoms with E-state index in [0.29, 0.717) is 34.0 Å². The number of nitrogens with one attached hydrogen (secondary N) is 1. The van der Waals surface area contributed by atoms with Crippen LogP contribution in [0.3, 0.4) is 0 Å². The summed E-state index contributed by atoms with van der Waals surface area (Å²) in [7, 11) is 1.57. The van der Waals surface area contributed by atoms with Crippen LogP contribution >= 0.6 is 11.8 Å². The van der Waals surface area contributed by atoms with E-state index in [1.54, 1.807) is 60.5 Å². The summed E-state index contributed by atoms with van der Waals surface area (Å²) in [5.74, 6) is 1.19. The number of thioether (sulfide) groups is 1. The second-order valence-electron chi connectivity index (χ2n) is 6.98. The van der Waals surface area contributed by atoms with Crippen LogP contribution in [0, 0.1) is 0 Å². The molecule has 160 valence electrons. The molecule has 0 saturated carbocycles. The molecule has 9 nitrogen and oxygen atoms in total. The van der Waals surface area contributed by atoms with Gasteiger partial charge in [-0.2, -0.15) is 0 Å². The maximum absolute atomic E-state index is 12.8. The summed E-state index contributed by atoms with van der Waals surface area (Å²) in [5.41, 5.74) is 0.859. The van der Waals surface area contributed by atoms with Gasteiger partial charge in [0.2, 0.25) is 11.8 Å². The number of hydrogen-bond donors (Lipinski definition) is 1. The van der Waals surface area contributed by atoms with Crippen LogP contribution in [0.4, 0.5) is 5.69 Å². The van der Waals surface area contributed by atoms with Crippen LogP contribution in [-0.2, 0) is 16.1 Å². The third kappa shape index (κ3) is 4.53. The van der Waals surface area contributed by atoms with Crippen LogP contribution in [0.2, 0.25) is 0 Å². The number of aromatic nitrogens is 3. The first-order valence-corrected chi connectivity index (χ1v) is 10.9. The Morgan fingerprint density at radius 1 is 1.19 bits per heavy atom. The minimum absolute atomic E-state index is 0.0554. The number of carbonyl (C=O) groups is 2. The normalized spacial score (nSPS) is 15.8. The zero-order valence-electron chi connectivity index (χ0n) is 16.9. The Balaban J connectivity index is 1.40. The van der Waals surface area contributed by atoms with Crippen LogP contribution in [-0.4, -0.2) is 56.5 Å². The second-order valence-corrected chi connectivity index (χ2v) is 7.98. The molecule has 0 radical (unpaired) electrons. The number of rotatable bonds is 6. The van der Waals surface area contributed by atoms with Gasteiger partial charge in [-0.25, -0.2) is 4.68 Å². The first-order valence-electron chi connectivity index (χ1n) is 9.71. The highest BCUT2D eigenvalue weighted by molar-refractivity contribution is 7.99.